The Kier molecular flexibility index (Phi) is 3.63. The average molecular weight is 340 g/mol. The van der Waals surface area contributed by atoms with Crippen molar-refractivity contribution in [2.75, 3.05) is 25.6 Å². The maximum atomic E-state index is 12.6. The van der Waals surface area contributed by atoms with Crippen LogP contribution in [0.5, 0.6) is 5.75 Å². The number of fused-ring (bicyclic) bond motifs is 5. The van der Waals surface area contributed by atoms with Crippen molar-refractivity contribution in [3.8, 4) is 5.75 Å². The smallest absolute Gasteiger partial charge is 0.246 e. The lowest BCUT2D eigenvalue weighted by atomic mass is 9.85. The summed E-state index contributed by atoms with van der Waals surface area (Å²) in [6, 6.07) is 7.06. The average Bonchev–Trinajstić information content (AvgIpc) is 3.31. The van der Waals surface area contributed by atoms with Crippen LogP contribution in [0.25, 0.3) is 0 Å². The summed E-state index contributed by atoms with van der Waals surface area (Å²) in [5.41, 5.74) is 0.687. The number of nitrogens with zero attached hydrogens (tertiary/aromatic N) is 2. The molecule has 1 saturated heterocycles. The summed E-state index contributed by atoms with van der Waals surface area (Å²) < 4.78 is 5.11. The van der Waals surface area contributed by atoms with Crippen LogP contribution in [-0.2, 0) is 14.4 Å². The van der Waals surface area contributed by atoms with Gasteiger partial charge in [0.15, 0.2) is 0 Å². The van der Waals surface area contributed by atoms with E-state index >= 15 is 0 Å². The monoisotopic (exact) mass is 340 g/mol. The van der Waals surface area contributed by atoms with Gasteiger partial charge in [0.25, 0.3) is 0 Å². The number of anilines is 1. The Morgan fingerprint density at radius 3 is 2.20 bits per heavy atom. The highest BCUT2D eigenvalue weighted by Gasteiger charge is 2.59. The maximum Gasteiger partial charge on any atom is 0.246 e. The summed E-state index contributed by atoms with van der Waals surface area (Å²) in [5, 5.41) is 0. The van der Waals surface area contributed by atoms with Gasteiger partial charge in [0.2, 0.25) is 17.7 Å². The minimum absolute atomic E-state index is 0.158. The zero-order valence-corrected chi connectivity index (χ0v) is 14.2. The number of benzene rings is 1. The van der Waals surface area contributed by atoms with Gasteiger partial charge in [0.05, 0.1) is 18.9 Å². The number of imide groups is 1. The lowest BCUT2D eigenvalue weighted by Crippen LogP contribution is -2.42. The van der Waals surface area contributed by atoms with Gasteiger partial charge in [-0.2, -0.15) is 0 Å². The van der Waals surface area contributed by atoms with Crippen molar-refractivity contribution in [2.24, 2.45) is 23.7 Å². The van der Waals surface area contributed by atoms with Gasteiger partial charge in [-0.05, 0) is 42.5 Å². The van der Waals surface area contributed by atoms with Crippen LogP contribution < -0.4 is 9.64 Å². The standard InChI is InChI=1S/C19H20N2O4/c1-20(13-5-7-14(25-2)8-6-13)15(22)10-21-18(23)16-11-3-4-12(9-11)17(16)19(21)24/h3-8,11-12,16-17H,9-10H2,1-2H3. The Bertz CT molecular complexity index is 740. The molecule has 1 heterocycles. The predicted molar refractivity (Wildman–Crippen MR) is 90.8 cm³/mol. The molecule has 1 aromatic carbocycles. The number of amides is 3. The summed E-state index contributed by atoms with van der Waals surface area (Å²) in [4.78, 5) is 40.5. The van der Waals surface area contributed by atoms with Crippen LogP contribution in [0.3, 0.4) is 0 Å². The largest absolute Gasteiger partial charge is 0.497 e. The number of hydrogen-bond donors (Lipinski definition) is 0. The van der Waals surface area contributed by atoms with Crippen LogP contribution in [0.15, 0.2) is 36.4 Å². The molecule has 0 aromatic heterocycles. The first kappa shape index (κ1) is 15.9. The molecule has 6 nitrogen and oxygen atoms in total. The number of allylic oxidation sites excluding steroid dienone is 2. The van der Waals surface area contributed by atoms with E-state index in [9.17, 15) is 14.4 Å². The van der Waals surface area contributed by atoms with E-state index in [0.717, 1.165) is 11.3 Å². The van der Waals surface area contributed by atoms with Gasteiger partial charge >= 0.3 is 0 Å². The quantitative estimate of drug-likeness (QED) is 0.615. The Morgan fingerprint density at radius 1 is 1.12 bits per heavy atom. The first-order valence-corrected chi connectivity index (χ1v) is 8.45. The third kappa shape index (κ3) is 2.35. The van der Waals surface area contributed by atoms with E-state index in [2.05, 4.69) is 0 Å². The summed E-state index contributed by atoms with van der Waals surface area (Å²) in [5.74, 6) is -0.177. The first-order valence-electron chi connectivity index (χ1n) is 8.45. The van der Waals surface area contributed by atoms with E-state index < -0.39 is 0 Å². The fourth-order valence-corrected chi connectivity index (χ4v) is 4.31. The van der Waals surface area contributed by atoms with Crippen molar-refractivity contribution in [2.45, 2.75) is 6.42 Å². The molecule has 3 amide bonds. The van der Waals surface area contributed by atoms with Gasteiger partial charge in [-0.25, -0.2) is 0 Å². The number of likely N-dealkylation sites (tertiary alicyclic amines) is 1. The molecule has 0 N–H and O–H groups in total. The molecule has 4 unspecified atom stereocenters. The lowest BCUT2D eigenvalue weighted by Gasteiger charge is -2.22. The third-order valence-corrected chi connectivity index (χ3v) is 5.69. The molecule has 0 radical (unpaired) electrons. The predicted octanol–water partition coefficient (Wildman–Crippen LogP) is 1.47. The van der Waals surface area contributed by atoms with Gasteiger partial charge in [-0.1, -0.05) is 12.2 Å². The van der Waals surface area contributed by atoms with Gasteiger partial charge in [0, 0.05) is 12.7 Å². The number of ether oxygens (including phenoxy) is 1. The minimum Gasteiger partial charge on any atom is -0.497 e. The van der Waals surface area contributed by atoms with Gasteiger partial charge < -0.3 is 9.64 Å². The zero-order chi connectivity index (χ0) is 17.7. The molecule has 1 aromatic rings. The van der Waals surface area contributed by atoms with Gasteiger partial charge in [-0.3, -0.25) is 19.3 Å². The number of likely N-dealkylation sites (N-methyl/N-ethyl adjacent to an activating group) is 1. The Labute approximate surface area is 146 Å². The molecule has 130 valence electrons. The zero-order valence-electron chi connectivity index (χ0n) is 14.2. The minimum atomic E-state index is -0.285. The van der Waals surface area contributed by atoms with Crippen molar-refractivity contribution < 1.29 is 19.1 Å². The topological polar surface area (TPSA) is 66.9 Å². The van der Waals surface area contributed by atoms with E-state index in [1.165, 1.54) is 4.90 Å². The molecule has 0 spiro atoms. The van der Waals surface area contributed by atoms with E-state index in [1.807, 2.05) is 12.2 Å². The van der Waals surface area contributed by atoms with Crippen LogP contribution in [0.1, 0.15) is 6.42 Å². The molecule has 2 fully saturated rings. The second-order valence-electron chi connectivity index (χ2n) is 6.91. The molecule has 25 heavy (non-hydrogen) atoms. The highest BCUT2D eigenvalue weighted by Crippen LogP contribution is 2.52. The second-order valence-corrected chi connectivity index (χ2v) is 6.91. The SMILES string of the molecule is COc1ccc(N(C)C(=O)CN2C(=O)C3C4C=CC(C4)C3C2=O)cc1. The first-order chi connectivity index (χ1) is 12.0. The molecule has 1 saturated carbocycles. The molecular formula is C19H20N2O4. The molecule has 4 rings (SSSR count). The Hall–Kier alpha value is -2.63. The second kappa shape index (κ2) is 5.72. The number of methoxy groups -OCH3 is 1. The molecule has 3 aliphatic rings. The van der Waals surface area contributed by atoms with Crippen LogP contribution in [0.4, 0.5) is 5.69 Å². The molecule has 2 bridgehead atoms. The van der Waals surface area contributed by atoms with E-state index in [-0.39, 0.29) is 47.9 Å². The van der Waals surface area contributed by atoms with E-state index in [1.54, 1.807) is 38.4 Å². The highest BCUT2D eigenvalue weighted by molar-refractivity contribution is 6.09. The molecule has 4 atom stereocenters. The number of rotatable bonds is 4. The van der Waals surface area contributed by atoms with Crippen LogP contribution in [0, 0.1) is 23.7 Å². The summed E-state index contributed by atoms with van der Waals surface area (Å²) >= 11 is 0. The van der Waals surface area contributed by atoms with Crippen molar-refractivity contribution >= 4 is 23.4 Å². The normalized spacial score (nSPS) is 29.3. The number of carbonyl (C=O) groups is 3. The fraction of sp³-hybridized carbons (Fsp3) is 0.421. The Morgan fingerprint density at radius 2 is 1.68 bits per heavy atom. The number of carbonyl (C=O) groups excluding carboxylic acids is 3. The van der Waals surface area contributed by atoms with Crippen LogP contribution in [-0.4, -0.2) is 43.3 Å². The summed E-state index contributed by atoms with van der Waals surface area (Å²) in [6.45, 7) is -0.202. The van der Waals surface area contributed by atoms with Crippen LogP contribution in [0.2, 0.25) is 0 Å². The van der Waals surface area contributed by atoms with E-state index in [0.29, 0.717) is 11.4 Å². The van der Waals surface area contributed by atoms with E-state index in [4.69, 9.17) is 4.74 Å². The highest BCUT2D eigenvalue weighted by atomic mass is 16.5. The van der Waals surface area contributed by atoms with Crippen molar-refractivity contribution in [1.29, 1.82) is 0 Å². The molecule has 6 heteroatoms. The van der Waals surface area contributed by atoms with Gasteiger partial charge in [0.1, 0.15) is 12.3 Å². The van der Waals surface area contributed by atoms with Crippen molar-refractivity contribution in [3.05, 3.63) is 36.4 Å². The maximum absolute atomic E-state index is 12.6. The summed E-state index contributed by atoms with van der Waals surface area (Å²) in [7, 11) is 3.22. The third-order valence-electron chi connectivity index (χ3n) is 5.69. The number of hydrogen-bond acceptors (Lipinski definition) is 4. The molecular weight excluding hydrogens is 320 g/mol. The summed E-state index contributed by atoms with van der Waals surface area (Å²) in [6.07, 6.45) is 4.98. The lowest BCUT2D eigenvalue weighted by molar-refractivity contribution is -0.143. The Balaban J connectivity index is 1.47. The molecule has 1 aliphatic heterocycles. The fourth-order valence-electron chi connectivity index (χ4n) is 4.31. The van der Waals surface area contributed by atoms with Crippen molar-refractivity contribution in [3.63, 3.8) is 0 Å². The van der Waals surface area contributed by atoms with Crippen LogP contribution >= 0.6 is 0 Å². The van der Waals surface area contributed by atoms with Gasteiger partial charge in [-0.15, -0.1) is 0 Å². The molecule has 2 aliphatic carbocycles. The van der Waals surface area contributed by atoms with Crippen molar-refractivity contribution in [1.82, 2.24) is 4.90 Å².